The lowest BCUT2D eigenvalue weighted by atomic mass is 10.0. The lowest BCUT2D eigenvalue weighted by molar-refractivity contribution is -0.150. The van der Waals surface area contributed by atoms with E-state index in [1.54, 1.807) is 12.3 Å². The number of hydrogen-bond acceptors (Lipinski definition) is 7. The van der Waals surface area contributed by atoms with Crippen molar-refractivity contribution in [3.8, 4) is 11.8 Å². The fourth-order valence-corrected chi connectivity index (χ4v) is 3.18. The summed E-state index contributed by atoms with van der Waals surface area (Å²) in [5.74, 6) is -1.24. The Morgan fingerprint density at radius 2 is 2.00 bits per heavy atom. The van der Waals surface area contributed by atoms with E-state index in [4.69, 9.17) is 9.47 Å². The van der Waals surface area contributed by atoms with Gasteiger partial charge < -0.3 is 9.47 Å². The highest BCUT2D eigenvalue weighted by Crippen LogP contribution is 2.24. The molecule has 0 saturated carbocycles. The predicted molar refractivity (Wildman–Crippen MR) is 102 cm³/mol. The molecule has 142 valence electrons. The number of esters is 1. The van der Waals surface area contributed by atoms with Crippen molar-refractivity contribution in [2.24, 2.45) is 0 Å². The fourth-order valence-electron chi connectivity index (χ4n) is 2.31. The van der Waals surface area contributed by atoms with E-state index >= 15 is 0 Å². The number of carbonyl (C=O) groups excluding carboxylic acids is 2. The normalized spacial score (nSPS) is 11.7. The number of nitrogens with zero attached hydrogens (tertiary/aromatic N) is 2. The first-order valence-electron chi connectivity index (χ1n) is 8.55. The van der Waals surface area contributed by atoms with Crippen LogP contribution in [0.1, 0.15) is 47.5 Å². The van der Waals surface area contributed by atoms with Gasteiger partial charge in [-0.15, -0.1) is 11.3 Å². The van der Waals surface area contributed by atoms with Crippen LogP contribution < -0.4 is 4.74 Å². The Balaban J connectivity index is 1.88. The van der Waals surface area contributed by atoms with Gasteiger partial charge in [0.2, 0.25) is 0 Å². The largest absolute Gasteiger partial charge is 0.482 e. The minimum atomic E-state index is -1.03. The molecule has 0 saturated heterocycles. The smallest absolute Gasteiger partial charge is 0.344 e. The first kappa shape index (κ1) is 20.6. The Hall–Kier alpha value is -2.72. The van der Waals surface area contributed by atoms with Crippen molar-refractivity contribution in [3.63, 3.8) is 0 Å². The van der Waals surface area contributed by atoms with E-state index in [0.717, 1.165) is 16.8 Å². The van der Waals surface area contributed by atoms with Gasteiger partial charge in [-0.1, -0.05) is 26.0 Å². The SMILES string of the molecule is Cc1csc([C@@H](C#N)C(=O)COC(=O)COc2cc(C(C)C)ccc2C)n1. The summed E-state index contributed by atoms with van der Waals surface area (Å²) >= 11 is 1.24. The van der Waals surface area contributed by atoms with Crippen molar-refractivity contribution >= 4 is 23.1 Å². The third kappa shape index (κ3) is 5.63. The Bertz CT molecular complexity index is 867. The van der Waals surface area contributed by atoms with Gasteiger partial charge in [0.05, 0.1) is 6.07 Å². The van der Waals surface area contributed by atoms with E-state index in [1.807, 2.05) is 31.2 Å². The molecule has 7 heteroatoms. The monoisotopic (exact) mass is 386 g/mol. The Kier molecular flexibility index (Phi) is 7.08. The number of thiazole rings is 1. The van der Waals surface area contributed by atoms with Crippen LogP contribution in [0.15, 0.2) is 23.6 Å². The van der Waals surface area contributed by atoms with E-state index in [-0.39, 0.29) is 6.61 Å². The van der Waals surface area contributed by atoms with E-state index in [0.29, 0.717) is 16.7 Å². The number of aryl methyl sites for hydroxylation is 2. The molecule has 0 aliphatic heterocycles. The third-order valence-corrected chi connectivity index (χ3v) is 4.96. The fraction of sp³-hybridized carbons (Fsp3) is 0.400. The molecule has 2 aromatic rings. The number of hydrogen-bond donors (Lipinski definition) is 0. The molecular formula is C20H22N2O4S. The highest BCUT2D eigenvalue weighted by atomic mass is 32.1. The van der Waals surface area contributed by atoms with Gasteiger partial charge >= 0.3 is 5.97 Å². The Morgan fingerprint density at radius 1 is 1.26 bits per heavy atom. The van der Waals surface area contributed by atoms with Gasteiger partial charge in [0.1, 0.15) is 10.8 Å². The molecule has 1 aromatic carbocycles. The van der Waals surface area contributed by atoms with Crippen LogP contribution in [0.25, 0.3) is 0 Å². The maximum Gasteiger partial charge on any atom is 0.344 e. The molecule has 1 aromatic heterocycles. The lowest BCUT2D eigenvalue weighted by Gasteiger charge is -2.12. The van der Waals surface area contributed by atoms with Gasteiger partial charge in [0.15, 0.2) is 24.9 Å². The summed E-state index contributed by atoms with van der Waals surface area (Å²) in [5.41, 5.74) is 2.76. The lowest BCUT2D eigenvalue weighted by Crippen LogP contribution is -2.23. The number of carbonyl (C=O) groups is 2. The molecule has 0 fully saturated rings. The standard InChI is InChI=1S/C20H22N2O4S/c1-12(2)15-6-5-13(3)18(7-15)25-10-19(24)26-9-17(23)16(8-21)20-22-14(4)11-27-20/h5-7,11-12,16H,9-10H2,1-4H3/t16-/m0/s1. The molecule has 0 aliphatic carbocycles. The van der Waals surface area contributed by atoms with Gasteiger partial charge in [-0.2, -0.15) is 5.26 Å². The van der Waals surface area contributed by atoms with E-state index < -0.39 is 24.3 Å². The number of aromatic nitrogens is 1. The molecule has 1 atom stereocenters. The van der Waals surface area contributed by atoms with Crippen LogP contribution in [0.2, 0.25) is 0 Å². The van der Waals surface area contributed by atoms with Crippen LogP contribution in [-0.2, 0) is 14.3 Å². The van der Waals surface area contributed by atoms with Crippen molar-refractivity contribution < 1.29 is 19.1 Å². The molecule has 0 spiro atoms. The zero-order valence-corrected chi connectivity index (χ0v) is 16.6. The van der Waals surface area contributed by atoms with Crippen molar-refractivity contribution in [1.82, 2.24) is 4.98 Å². The summed E-state index contributed by atoms with van der Waals surface area (Å²) in [6, 6.07) is 7.77. The second-order valence-electron chi connectivity index (χ2n) is 6.48. The topological polar surface area (TPSA) is 89.3 Å². The minimum absolute atomic E-state index is 0.302. The maximum atomic E-state index is 12.2. The second-order valence-corrected chi connectivity index (χ2v) is 7.37. The zero-order valence-electron chi connectivity index (χ0n) is 15.8. The number of nitriles is 1. The van der Waals surface area contributed by atoms with Crippen LogP contribution in [0.4, 0.5) is 0 Å². The van der Waals surface area contributed by atoms with Gasteiger partial charge in [-0.05, 0) is 37.0 Å². The summed E-state index contributed by atoms with van der Waals surface area (Å²) in [6.07, 6.45) is 0. The average Bonchev–Trinajstić information content (AvgIpc) is 3.05. The minimum Gasteiger partial charge on any atom is -0.482 e. The van der Waals surface area contributed by atoms with Crippen LogP contribution in [0, 0.1) is 25.2 Å². The zero-order chi connectivity index (χ0) is 20.0. The van der Waals surface area contributed by atoms with Crippen LogP contribution in [-0.4, -0.2) is 30.0 Å². The van der Waals surface area contributed by atoms with E-state index in [9.17, 15) is 14.9 Å². The van der Waals surface area contributed by atoms with Gasteiger partial charge in [0.25, 0.3) is 0 Å². The number of ether oxygens (including phenoxy) is 2. The molecular weight excluding hydrogens is 364 g/mol. The van der Waals surface area contributed by atoms with Crippen molar-refractivity contribution in [3.05, 3.63) is 45.4 Å². The van der Waals surface area contributed by atoms with Crippen molar-refractivity contribution in [1.29, 1.82) is 5.26 Å². The molecule has 27 heavy (non-hydrogen) atoms. The number of rotatable bonds is 8. The third-order valence-electron chi connectivity index (χ3n) is 3.93. The summed E-state index contributed by atoms with van der Waals surface area (Å²) in [5, 5.41) is 11.4. The number of benzene rings is 1. The van der Waals surface area contributed by atoms with Crippen molar-refractivity contribution in [2.75, 3.05) is 13.2 Å². The maximum absolute atomic E-state index is 12.2. The first-order chi connectivity index (χ1) is 12.8. The summed E-state index contributed by atoms with van der Waals surface area (Å²) in [7, 11) is 0. The summed E-state index contributed by atoms with van der Waals surface area (Å²) < 4.78 is 10.5. The molecule has 0 radical (unpaired) electrons. The van der Waals surface area contributed by atoms with Gasteiger partial charge in [-0.3, -0.25) is 4.79 Å². The predicted octanol–water partition coefficient (Wildman–Crippen LogP) is 3.68. The highest BCUT2D eigenvalue weighted by molar-refractivity contribution is 7.09. The first-order valence-corrected chi connectivity index (χ1v) is 9.43. The van der Waals surface area contributed by atoms with Crippen LogP contribution in [0.5, 0.6) is 5.75 Å². The highest BCUT2D eigenvalue weighted by Gasteiger charge is 2.24. The Labute approximate surface area is 162 Å². The molecule has 0 aliphatic rings. The molecule has 0 amide bonds. The molecule has 2 rings (SSSR count). The molecule has 0 bridgehead atoms. The molecule has 0 N–H and O–H groups in total. The van der Waals surface area contributed by atoms with E-state index in [2.05, 4.69) is 18.8 Å². The van der Waals surface area contributed by atoms with Crippen LogP contribution >= 0.6 is 11.3 Å². The summed E-state index contributed by atoms with van der Waals surface area (Å²) in [4.78, 5) is 28.2. The second kappa shape index (κ2) is 9.28. The summed E-state index contributed by atoms with van der Waals surface area (Å²) in [6.45, 7) is 7.04. The Morgan fingerprint density at radius 3 is 2.59 bits per heavy atom. The molecule has 6 nitrogen and oxygen atoms in total. The number of Topliss-reactive ketones (excluding diaryl/α,β-unsaturated/α-hetero) is 1. The average molecular weight is 386 g/mol. The van der Waals surface area contributed by atoms with Gasteiger partial charge in [0, 0.05) is 11.1 Å². The van der Waals surface area contributed by atoms with Gasteiger partial charge in [-0.25, -0.2) is 9.78 Å². The van der Waals surface area contributed by atoms with Crippen LogP contribution in [0.3, 0.4) is 0 Å². The van der Waals surface area contributed by atoms with E-state index in [1.165, 1.54) is 11.3 Å². The quantitative estimate of drug-likeness (QED) is 0.643. The number of ketones is 1. The van der Waals surface area contributed by atoms with Crippen molar-refractivity contribution in [2.45, 2.75) is 39.5 Å². The molecule has 1 heterocycles. The molecule has 0 unspecified atom stereocenters.